The largest absolute Gasteiger partial charge is 0.481 e. The molecule has 2 heterocycles. The second kappa shape index (κ2) is 8.33. The molecule has 0 aliphatic rings. The summed E-state index contributed by atoms with van der Waals surface area (Å²) < 4.78 is 18.8. The van der Waals surface area contributed by atoms with Crippen LogP contribution in [-0.4, -0.2) is 24.8 Å². The van der Waals surface area contributed by atoms with Crippen LogP contribution < -0.4 is 5.69 Å². The van der Waals surface area contributed by atoms with E-state index in [1.807, 2.05) is 48.1 Å². The zero-order chi connectivity index (χ0) is 24.0. The van der Waals surface area contributed by atoms with Gasteiger partial charge in [-0.3, -0.25) is 13.9 Å². The topological polar surface area (TPSA) is 69.2 Å². The maximum absolute atomic E-state index is 13.8. The van der Waals surface area contributed by atoms with E-state index in [0.717, 1.165) is 27.5 Å². The average Bonchev–Trinajstić information content (AvgIpc) is 3.28. The third-order valence-electron chi connectivity index (χ3n) is 6.43. The number of halogens is 1. The van der Waals surface area contributed by atoms with Gasteiger partial charge in [-0.15, -0.1) is 0 Å². The third-order valence-corrected chi connectivity index (χ3v) is 6.43. The van der Waals surface area contributed by atoms with Crippen molar-refractivity contribution in [2.24, 2.45) is 7.05 Å². The van der Waals surface area contributed by atoms with Gasteiger partial charge in [-0.2, -0.15) is 0 Å². The van der Waals surface area contributed by atoms with Crippen molar-refractivity contribution in [1.29, 1.82) is 0 Å². The van der Waals surface area contributed by atoms with Gasteiger partial charge in [-0.1, -0.05) is 36.4 Å². The van der Waals surface area contributed by atoms with E-state index in [1.165, 1.54) is 28.8 Å². The SMILES string of the molecule is Cc1cccc2c1c(Cn1c(=O)n([C@H](CC(=O)O)c3ccc(F)cc3)c3ccccc31)cn2C. The van der Waals surface area contributed by atoms with Crippen LogP contribution in [0.5, 0.6) is 0 Å². The van der Waals surface area contributed by atoms with Gasteiger partial charge in [-0.25, -0.2) is 9.18 Å². The molecule has 7 heteroatoms. The van der Waals surface area contributed by atoms with Crippen molar-refractivity contribution in [3.63, 3.8) is 0 Å². The minimum Gasteiger partial charge on any atom is -0.481 e. The molecule has 0 amide bonds. The fraction of sp³-hybridized carbons (Fsp3) is 0.185. The molecule has 1 atom stereocenters. The van der Waals surface area contributed by atoms with Crippen molar-refractivity contribution in [2.75, 3.05) is 0 Å². The molecule has 0 radical (unpaired) electrons. The second-order valence-electron chi connectivity index (χ2n) is 8.63. The van der Waals surface area contributed by atoms with Crippen LogP contribution in [0.1, 0.15) is 29.2 Å². The predicted octanol–water partition coefficient (Wildman–Crippen LogP) is 4.85. The molecule has 1 N–H and O–H groups in total. The number of carbonyl (C=O) groups is 1. The Hall–Kier alpha value is -4.13. The number of aromatic nitrogens is 3. The highest BCUT2D eigenvalue weighted by Gasteiger charge is 2.25. The van der Waals surface area contributed by atoms with Crippen LogP contribution in [0.3, 0.4) is 0 Å². The predicted molar refractivity (Wildman–Crippen MR) is 130 cm³/mol. The second-order valence-corrected chi connectivity index (χ2v) is 8.63. The quantitative estimate of drug-likeness (QED) is 0.396. The maximum Gasteiger partial charge on any atom is 0.330 e. The third kappa shape index (κ3) is 3.59. The van der Waals surface area contributed by atoms with Crippen LogP contribution in [0.25, 0.3) is 21.9 Å². The summed E-state index contributed by atoms with van der Waals surface area (Å²) >= 11 is 0. The Morgan fingerprint density at radius 3 is 2.35 bits per heavy atom. The van der Waals surface area contributed by atoms with Crippen molar-refractivity contribution in [3.05, 3.63) is 106 Å². The highest BCUT2D eigenvalue weighted by molar-refractivity contribution is 5.87. The van der Waals surface area contributed by atoms with Gasteiger partial charge in [-0.05, 0) is 53.9 Å². The highest BCUT2D eigenvalue weighted by atomic mass is 19.1. The normalized spacial score (nSPS) is 12.4. The van der Waals surface area contributed by atoms with E-state index in [0.29, 0.717) is 17.6 Å². The minimum absolute atomic E-state index is 0.299. The zero-order valence-electron chi connectivity index (χ0n) is 18.9. The summed E-state index contributed by atoms with van der Waals surface area (Å²) in [7, 11) is 1.98. The number of carboxylic acid groups (broad SMARTS) is 1. The number of benzene rings is 3. The molecule has 5 aromatic rings. The van der Waals surface area contributed by atoms with E-state index < -0.39 is 17.8 Å². The van der Waals surface area contributed by atoms with Crippen molar-refractivity contribution >= 4 is 27.9 Å². The fourth-order valence-electron chi connectivity index (χ4n) is 4.92. The molecular formula is C27H24FN3O3. The molecule has 3 aromatic carbocycles. The Bertz CT molecular complexity index is 1590. The van der Waals surface area contributed by atoms with Crippen molar-refractivity contribution in [2.45, 2.75) is 25.9 Å². The number of imidazole rings is 1. The van der Waals surface area contributed by atoms with Crippen LogP contribution >= 0.6 is 0 Å². The summed E-state index contributed by atoms with van der Waals surface area (Å²) in [5, 5.41) is 10.7. The van der Waals surface area contributed by atoms with Crippen LogP contribution in [-0.2, 0) is 18.4 Å². The summed E-state index contributed by atoms with van der Waals surface area (Å²) in [4.78, 5) is 25.6. The molecule has 0 bridgehead atoms. The lowest BCUT2D eigenvalue weighted by Gasteiger charge is -2.17. The summed E-state index contributed by atoms with van der Waals surface area (Å²) in [6, 6.07) is 18.4. The molecule has 6 nitrogen and oxygen atoms in total. The Morgan fingerprint density at radius 2 is 1.65 bits per heavy atom. The van der Waals surface area contributed by atoms with Gasteiger partial charge in [0.15, 0.2) is 0 Å². The van der Waals surface area contributed by atoms with Crippen LogP contribution in [0, 0.1) is 12.7 Å². The molecule has 0 saturated carbocycles. The molecule has 34 heavy (non-hydrogen) atoms. The van der Waals surface area contributed by atoms with E-state index in [9.17, 15) is 19.1 Å². The van der Waals surface area contributed by atoms with Gasteiger partial charge < -0.3 is 9.67 Å². The summed E-state index contributed by atoms with van der Waals surface area (Å²) in [6.07, 6.45) is 1.73. The Balaban J connectivity index is 1.72. The number of hydrogen-bond donors (Lipinski definition) is 1. The Labute approximate surface area is 195 Å². The summed E-state index contributed by atoms with van der Waals surface area (Å²) in [5.41, 5.74) is 4.84. The number of fused-ring (bicyclic) bond motifs is 2. The van der Waals surface area contributed by atoms with Crippen LogP contribution in [0.15, 0.2) is 77.7 Å². The van der Waals surface area contributed by atoms with Crippen LogP contribution in [0.4, 0.5) is 4.39 Å². The van der Waals surface area contributed by atoms with Crippen molar-refractivity contribution in [3.8, 4) is 0 Å². The van der Waals surface area contributed by atoms with Gasteiger partial charge in [0.25, 0.3) is 0 Å². The summed E-state index contributed by atoms with van der Waals surface area (Å²) in [5.74, 6) is -1.46. The lowest BCUT2D eigenvalue weighted by Crippen LogP contribution is -2.29. The maximum atomic E-state index is 13.8. The molecule has 5 rings (SSSR count). The smallest absolute Gasteiger partial charge is 0.330 e. The van der Waals surface area contributed by atoms with Gasteiger partial charge >= 0.3 is 11.7 Å². The molecule has 0 unspecified atom stereocenters. The Kier molecular flexibility index (Phi) is 5.32. The van der Waals surface area contributed by atoms with Crippen LogP contribution in [0.2, 0.25) is 0 Å². The minimum atomic E-state index is -1.04. The number of nitrogens with zero attached hydrogens (tertiary/aromatic N) is 3. The van der Waals surface area contributed by atoms with Gasteiger partial charge in [0.1, 0.15) is 5.82 Å². The van der Waals surface area contributed by atoms with Gasteiger partial charge in [0.05, 0.1) is 30.0 Å². The summed E-state index contributed by atoms with van der Waals surface area (Å²) in [6.45, 7) is 2.40. The first-order valence-corrected chi connectivity index (χ1v) is 11.1. The number of rotatable bonds is 6. The first-order chi connectivity index (χ1) is 16.3. The van der Waals surface area contributed by atoms with E-state index >= 15 is 0 Å². The molecular weight excluding hydrogens is 433 g/mol. The average molecular weight is 458 g/mol. The number of hydrogen-bond acceptors (Lipinski definition) is 2. The first-order valence-electron chi connectivity index (χ1n) is 11.1. The van der Waals surface area contributed by atoms with E-state index in [2.05, 4.69) is 19.1 Å². The number of para-hydroxylation sites is 2. The standard InChI is InChI=1S/C27H24FN3O3/c1-17-6-5-9-23-26(17)19(15-29(23)2)16-30-21-7-3-4-8-22(21)31(27(30)34)24(14-25(32)33)18-10-12-20(28)13-11-18/h3-13,15,24H,14,16H2,1-2H3,(H,32,33)/t24-/m1/s1. The number of carboxylic acids is 1. The van der Waals surface area contributed by atoms with E-state index in [-0.39, 0.29) is 12.1 Å². The molecule has 172 valence electrons. The van der Waals surface area contributed by atoms with Gasteiger partial charge in [0.2, 0.25) is 0 Å². The molecule has 0 aliphatic heterocycles. The monoisotopic (exact) mass is 457 g/mol. The molecule has 0 saturated heterocycles. The molecule has 0 aliphatic carbocycles. The van der Waals surface area contributed by atoms with E-state index in [4.69, 9.17) is 0 Å². The number of aliphatic carboxylic acids is 1. The van der Waals surface area contributed by atoms with Gasteiger partial charge in [0, 0.05) is 24.1 Å². The lowest BCUT2D eigenvalue weighted by atomic mass is 10.0. The van der Waals surface area contributed by atoms with Crippen molar-refractivity contribution < 1.29 is 14.3 Å². The number of aryl methyl sites for hydroxylation is 2. The van der Waals surface area contributed by atoms with Crippen molar-refractivity contribution in [1.82, 2.24) is 13.7 Å². The molecule has 2 aromatic heterocycles. The highest BCUT2D eigenvalue weighted by Crippen LogP contribution is 2.29. The molecule has 0 fully saturated rings. The fourth-order valence-corrected chi connectivity index (χ4v) is 4.92. The molecule has 0 spiro atoms. The first kappa shape index (κ1) is 21.7. The van der Waals surface area contributed by atoms with E-state index in [1.54, 1.807) is 4.57 Å². The Morgan fingerprint density at radius 1 is 0.971 bits per heavy atom. The zero-order valence-corrected chi connectivity index (χ0v) is 18.9. The lowest BCUT2D eigenvalue weighted by molar-refractivity contribution is -0.137.